The predicted octanol–water partition coefficient (Wildman–Crippen LogP) is 4.57. The van der Waals surface area contributed by atoms with Gasteiger partial charge in [0, 0.05) is 18.0 Å². The van der Waals surface area contributed by atoms with Gasteiger partial charge in [-0.1, -0.05) is 26.0 Å². The van der Waals surface area contributed by atoms with Crippen LogP contribution in [0, 0.1) is 12.7 Å². The van der Waals surface area contributed by atoms with E-state index in [1.54, 1.807) is 0 Å². The maximum absolute atomic E-state index is 12.9. The molecule has 0 bridgehead atoms. The maximum Gasteiger partial charge on any atom is 0.123 e. The van der Waals surface area contributed by atoms with Crippen molar-refractivity contribution in [1.82, 2.24) is 5.32 Å². The minimum atomic E-state index is -0.193. The fraction of sp³-hybridized carbons (Fsp3) is 0.444. The molecule has 1 aromatic carbocycles. The summed E-state index contributed by atoms with van der Waals surface area (Å²) in [7, 11) is 0. The Bertz CT molecular complexity index is 571. The van der Waals surface area contributed by atoms with Crippen LogP contribution in [-0.4, -0.2) is 6.04 Å². The zero-order chi connectivity index (χ0) is 15.5. The van der Waals surface area contributed by atoms with Gasteiger partial charge in [-0.05, 0) is 50.1 Å². The van der Waals surface area contributed by atoms with Gasteiger partial charge >= 0.3 is 0 Å². The molecular formula is C18H24FNO. The van der Waals surface area contributed by atoms with Gasteiger partial charge in [-0.3, -0.25) is 0 Å². The molecule has 2 aromatic rings. The minimum absolute atomic E-state index is 0.0104. The molecule has 0 spiro atoms. The highest BCUT2D eigenvalue weighted by atomic mass is 19.1. The molecular weight excluding hydrogens is 265 g/mol. The van der Waals surface area contributed by atoms with Gasteiger partial charge in [0.05, 0.1) is 0 Å². The summed E-state index contributed by atoms with van der Waals surface area (Å²) in [4.78, 5) is 0. The van der Waals surface area contributed by atoms with Crippen molar-refractivity contribution in [2.45, 2.75) is 52.1 Å². The first-order valence-corrected chi connectivity index (χ1v) is 7.41. The van der Waals surface area contributed by atoms with Crippen LogP contribution in [0.5, 0.6) is 0 Å². The third-order valence-electron chi connectivity index (χ3n) is 3.79. The van der Waals surface area contributed by atoms with E-state index in [0.29, 0.717) is 6.04 Å². The Morgan fingerprint density at radius 3 is 2.38 bits per heavy atom. The molecule has 0 aliphatic rings. The van der Waals surface area contributed by atoms with Gasteiger partial charge in [-0.2, -0.15) is 0 Å². The highest BCUT2D eigenvalue weighted by molar-refractivity contribution is 5.17. The highest BCUT2D eigenvalue weighted by Crippen LogP contribution is 2.29. The Labute approximate surface area is 126 Å². The number of benzene rings is 1. The predicted molar refractivity (Wildman–Crippen MR) is 83.8 cm³/mol. The SMILES string of the molecule is Cc1ccc(C(C)(C)CC(C)NCc2ccc(F)cc2)o1. The molecule has 1 aromatic heterocycles. The normalized spacial score (nSPS) is 13.4. The molecule has 1 N–H and O–H groups in total. The van der Waals surface area contributed by atoms with E-state index in [9.17, 15) is 4.39 Å². The lowest BCUT2D eigenvalue weighted by Gasteiger charge is -2.26. The Morgan fingerprint density at radius 2 is 1.81 bits per heavy atom. The second-order valence-electron chi connectivity index (χ2n) is 6.41. The largest absolute Gasteiger partial charge is 0.466 e. The van der Waals surface area contributed by atoms with E-state index in [0.717, 1.165) is 30.0 Å². The molecule has 2 nitrogen and oxygen atoms in total. The zero-order valence-corrected chi connectivity index (χ0v) is 13.2. The van der Waals surface area contributed by atoms with Gasteiger partial charge in [0.15, 0.2) is 0 Å². The topological polar surface area (TPSA) is 25.2 Å². The number of nitrogens with one attached hydrogen (secondary N) is 1. The van der Waals surface area contributed by atoms with Crippen LogP contribution in [0.15, 0.2) is 40.8 Å². The third-order valence-corrected chi connectivity index (χ3v) is 3.79. The number of hydrogen-bond donors (Lipinski definition) is 1. The molecule has 1 heterocycles. The molecule has 0 saturated heterocycles. The summed E-state index contributed by atoms with van der Waals surface area (Å²) in [5.41, 5.74) is 1.08. The summed E-state index contributed by atoms with van der Waals surface area (Å²) >= 11 is 0. The molecule has 0 radical (unpaired) electrons. The summed E-state index contributed by atoms with van der Waals surface area (Å²) in [5, 5.41) is 3.49. The molecule has 0 saturated carbocycles. The molecule has 114 valence electrons. The van der Waals surface area contributed by atoms with E-state index in [1.165, 1.54) is 12.1 Å². The molecule has 0 aliphatic carbocycles. The Balaban J connectivity index is 1.89. The molecule has 0 amide bonds. The fourth-order valence-electron chi connectivity index (χ4n) is 2.63. The number of hydrogen-bond acceptors (Lipinski definition) is 2. The summed E-state index contributed by atoms with van der Waals surface area (Å²) in [6.07, 6.45) is 0.973. The van der Waals surface area contributed by atoms with E-state index >= 15 is 0 Å². The van der Waals surface area contributed by atoms with Crippen molar-refractivity contribution >= 4 is 0 Å². The molecule has 1 unspecified atom stereocenters. The summed E-state index contributed by atoms with van der Waals surface area (Å²) in [6.45, 7) is 9.27. The molecule has 21 heavy (non-hydrogen) atoms. The van der Waals surface area contributed by atoms with E-state index in [1.807, 2.05) is 25.1 Å². The van der Waals surface area contributed by atoms with Gasteiger partial charge in [-0.15, -0.1) is 0 Å². The molecule has 0 aliphatic heterocycles. The number of halogens is 1. The lowest BCUT2D eigenvalue weighted by molar-refractivity contribution is 0.319. The smallest absolute Gasteiger partial charge is 0.123 e. The van der Waals surface area contributed by atoms with Crippen molar-refractivity contribution in [3.8, 4) is 0 Å². The van der Waals surface area contributed by atoms with Crippen molar-refractivity contribution in [2.75, 3.05) is 0 Å². The van der Waals surface area contributed by atoms with Gasteiger partial charge in [0.25, 0.3) is 0 Å². The standard InChI is InChI=1S/C18H24FNO/c1-13(20-12-15-6-8-16(19)9-7-15)11-18(3,4)17-10-5-14(2)21-17/h5-10,13,20H,11-12H2,1-4H3. The van der Waals surface area contributed by atoms with Crippen LogP contribution in [0.25, 0.3) is 0 Å². The quantitative estimate of drug-likeness (QED) is 0.842. The summed E-state index contributed by atoms with van der Waals surface area (Å²) < 4.78 is 18.6. The molecule has 3 heteroatoms. The Morgan fingerprint density at radius 1 is 1.14 bits per heavy atom. The van der Waals surface area contributed by atoms with Crippen molar-refractivity contribution in [1.29, 1.82) is 0 Å². The van der Waals surface area contributed by atoms with E-state index in [2.05, 4.69) is 32.2 Å². The fourth-order valence-corrected chi connectivity index (χ4v) is 2.63. The molecule has 1 atom stereocenters. The van der Waals surface area contributed by atoms with E-state index in [-0.39, 0.29) is 11.2 Å². The summed E-state index contributed by atoms with van der Waals surface area (Å²) in [6, 6.07) is 11.0. The van der Waals surface area contributed by atoms with Crippen LogP contribution >= 0.6 is 0 Å². The lowest BCUT2D eigenvalue weighted by Crippen LogP contribution is -2.32. The van der Waals surface area contributed by atoms with Crippen LogP contribution < -0.4 is 5.32 Å². The molecule has 2 rings (SSSR count). The van der Waals surface area contributed by atoms with Crippen LogP contribution in [-0.2, 0) is 12.0 Å². The first kappa shape index (κ1) is 15.8. The number of furan rings is 1. The average molecular weight is 289 g/mol. The second kappa shape index (κ2) is 6.44. The van der Waals surface area contributed by atoms with Crippen molar-refractivity contribution in [3.63, 3.8) is 0 Å². The van der Waals surface area contributed by atoms with Gasteiger partial charge in [0.1, 0.15) is 17.3 Å². The first-order valence-electron chi connectivity index (χ1n) is 7.41. The van der Waals surface area contributed by atoms with Crippen molar-refractivity contribution in [3.05, 3.63) is 59.3 Å². The van der Waals surface area contributed by atoms with Gasteiger partial charge in [-0.25, -0.2) is 4.39 Å². The van der Waals surface area contributed by atoms with Crippen LogP contribution in [0.1, 0.15) is 44.3 Å². The monoisotopic (exact) mass is 289 g/mol. The van der Waals surface area contributed by atoms with Crippen molar-refractivity contribution < 1.29 is 8.81 Å². The average Bonchev–Trinajstić information content (AvgIpc) is 2.85. The van der Waals surface area contributed by atoms with Gasteiger partial charge in [0.2, 0.25) is 0 Å². The highest BCUT2D eigenvalue weighted by Gasteiger charge is 2.26. The number of aryl methyl sites for hydroxylation is 1. The Kier molecular flexibility index (Phi) is 4.84. The van der Waals surface area contributed by atoms with Crippen LogP contribution in [0.2, 0.25) is 0 Å². The zero-order valence-electron chi connectivity index (χ0n) is 13.2. The maximum atomic E-state index is 12.9. The molecule has 0 fully saturated rings. The van der Waals surface area contributed by atoms with Crippen LogP contribution in [0.4, 0.5) is 4.39 Å². The van der Waals surface area contributed by atoms with E-state index < -0.39 is 0 Å². The van der Waals surface area contributed by atoms with Crippen molar-refractivity contribution in [2.24, 2.45) is 0 Å². The van der Waals surface area contributed by atoms with Crippen LogP contribution in [0.3, 0.4) is 0 Å². The first-order chi connectivity index (χ1) is 9.87. The van der Waals surface area contributed by atoms with E-state index in [4.69, 9.17) is 4.42 Å². The number of rotatable bonds is 6. The second-order valence-corrected chi connectivity index (χ2v) is 6.41. The van der Waals surface area contributed by atoms with Gasteiger partial charge < -0.3 is 9.73 Å². The Hall–Kier alpha value is -1.61. The lowest BCUT2D eigenvalue weighted by atomic mass is 9.83. The third kappa shape index (κ3) is 4.43. The summed E-state index contributed by atoms with van der Waals surface area (Å²) in [5.74, 6) is 1.78. The minimum Gasteiger partial charge on any atom is -0.466 e.